The van der Waals surface area contributed by atoms with Gasteiger partial charge < -0.3 is 24.6 Å². The van der Waals surface area contributed by atoms with E-state index in [-0.39, 0.29) is 42.0 Å². The Bertz CT molecular complexity index is 789. The first-order valence-electron chi connectivity index (χ1n) is 9.54. The van der Waals surface area contributed by atoms with Gasteiger partial charge in [-0.3, -0.25) is 0 Å². The van der Waals surface area contributed by atoms with Crippen LogP contribution in [0.25, 0.3) is 0 Å². The molecule has 0 aliphatic heterocycles. The van der Waals surface area contributed by atoms with Crippen molar-refractivity contribution in [2.75, 3.05) is 19.7 Å². The number of nitrogens with zero attached hydrogens (tertiary/aromatic N) is 3. The molecule has 0 unspecified atom stereocenters. The number of ether oxygens (including phenoxy) is 2. The van der Waals surface area contributed by atoms with E-state index in [0.717, 1.165) is 6.42 Å². The van der Waals surface area contributed by atoms with E-state index in [9.17, 15) is 8.78 Å². The number of rotatable bonds is 11. The number of hydrogen-bond acceptors (Lipinski definition) is 6. The van der Waals surface area contributed by atoms with Crippen LogP contribution in [0.15, 0.2) is 27.7 Å². The third-order valence-electron chi connectivity index (χ3n) is 3.75. The highest BCUT2D eigenvalue weighted by Gasteiger charge is 2.15. The molecule has 2 N–H and O–H groups in total. The number of hydrogen-bond donors (Lipinski definition) is 2. The number of halogens is 3. The van der Waals surface area contributed by atoms with E-state index in [4.69, 9.17) is 9.26 Å². The molecule has 0 aliphatic rings. The summed E-state index contributed by atoms with van der Waals surface area (Å²) < 4.78 is 40.8. The van der Waals surface area contributed by atoms with Crippen LogP contribution < -0.4 is 20.1 Å². The molecule has 0 aliphatic carbocycles. The van der Waals surface area contributed by atoms with Crippen LogP contribution >= 0.6 is 24.0 Å². The minimum absolute atomic E-state index is 0. The van der Waals surface area contributed by atoms with Crippen LogP contribution in [0.3, 0.4) is 0 Å². The first kappa shape index (κ1) is 25.9. The summed E-state index contributed by atoms with van der Waals surface area (Å²) in [5.41, 5.74) is 0.509. The third-order valence-corrected chi connectivity index (χ3v) is 3.75. The Balaban J connectivity index is 0.00000450. The Morgan fingerprint density at radius 1 is 1.27 bits per heavy atom. The van der Waals surface area contributed by atoms with Crippen LogP contribution in [0.4, 0.5) is 8.78 Å². The molecule has 0 saturated carbocycles. The number of nitrogens with one attached hydrogen (secondary N) is 2. The van der Waals surface area contributed by atoms with E-state index >= 15 is 0 Å². The summed E-state index contributed by atoms with van der Waals surface area (Å²) in [7, 11) is 0. The quantitative estimate of drug-likeness (QED) is 0.195. The highest BCUT2D eigenvalue weighted by molar-refractivity contribution is 14.0. The lowest BCUT2D eigenvalue weighted by Crippen LogP contribution is -2.37. The molecule has 168 valence electrons. The number of benzene rings is 1. The fourth-order valence-corrected chi connectivity index (χ4v) is 2.57. The molecule has 0 saturated heterocycles. The predicted molar refractivity (Wildman–Crippen MR) is 120 cm³/mol. The lowest BCUT2D eigenvalue weighted by molar-refractivity contribution is -0.0520. The summed E-state index contributed by atoms with van der Waals surface area (Å²) in [4.78, 5) is 8.62. The van der Waals surface area contributed by atoms with Gasteiger partial charge in [-0.05, 0) is 33.3 Å². The van der Waals surface area contributed by atoms with Gasteiger partial charge in [-0.25, -0.2) is 4.99 Å². The molecular formula is C19H28F2IN5O3. The highest BCUT2D eigenvalue weighted by Crippen LogP contribution is 2.33. The molecule has 0 fully saturated rings. The summed E-state index contributed by atoms with van der Waals surface area (Å²) in [6.07, 6.45) is 1.42. The molecule has 0 bridgehead atoms. The van der Waals surface area contributed by atoms with Crippen molar-refractivity contribution in [3.05, 3.63) is 35.5 Å². The van der Waals surface area contributed by atoms with E-state index in [2.05, 4.69) is 30.5 Å². The Morgan fingerprint density at radius 2 is 2.07 bits per heavy atom. The third kappa shape index (κ3) is 8.67. The van der Waals surface area contributed by atoms with Gasteiger partial charge in [0.05, 0.1) is 13.2 Å². The summed E-state index contributed by atoms with van der Waals surface area (Å²) in [5.74, 6) is 2.05. The maximum Gasteiger partial charge on any atom is 0.387 e. The zero-order valence-corrected chi connectivity index (χ0v) is 19.6. The van der Waals surface area contributed by atoms with Crippen molar-refractivity contribution in [3.63, 3.8) is 0 Å². The van der Waals surface area contributed by atoms with E-state index in [1.807, 2.05) is 6.92 Å². The number of guanidine groups is 1. The van der Waals surface area contributed by atoms with E-state index < -0.39 is 6.61 Å². The van der Waals surface area contributed by atoms with Gasteiger partial charge in [0.15, 0.2) is 23.3 Å². The fraction of sp³-hybridized carbons (Fsp3) is 0.526. The molecule has 0 atom stereocenters. The highest BCUT2D eigenvalue weighted by atomic mass is 127. The van der Waals surface area contributed by atoms with Crippen LogP contribution in [-0.2, 0) is 13.0 Å². The molecule has 1 heterocycles. The van der Waals surface area contributed by atoms with Crippen LogP contribution in [0.2, 0.25) is 0 Å². The lowest BCUT2D eigenvalue weighted by Gasteiger charge is -2.15. The maximum absolute atomic E-state index is 12.8. The second-order valence-electron chi connectivity index (χ2n) is 6.02. The molecule has 30 heavy (non-hydrogen) atoms. The number of aliphatic imine (C=N–C) groups is 1. The average Bonchev–Trinajstić information content (AvgIpc) is 3.10. The minimum atomic E-state index is -2.95. The molecule has 1 aromatic heterocycles. The minimum Gasteiger partial charge on any atom is -0.490 e. The van der Waals surface area contributed by atoms with Gasteiger partial charge >= 0.3 is 6.61 Å². The first-order chi connectivity index (χ1) is 14.0. The largest absolute Gasteiger partial charge is 0.490 e. The lowest BCUT2D eigenvalue weighted by atomic mass is 10.2. The summed E-state index contributed by atoms with van der Waals surface area (Å²) in [5, 5.41) is 10.1. The van der Waals surface area contributed by atoms with Crippen molar-refractivity contribution in [1.82, 2.24) is 20.8 Å². The Labute approximate surface area is 191 Å². The van der Waals surface area contributed by atoms with Gasteiger partial charge in [0.1, 0.15) is 0 Å². The van der Waals surface area contributed by atoms with Gasteiger partial charge in [-0.15, -0.1) is 24.0 Å². The van der Waals surface area contributed by atoms with E-state index in [1.54, 1.807) is 32.0 Å². The van der Waals surface area contributed by atoms with Gasteiger partial charge in [0.2, 0.25) is 5.89 Å². The first-order valence-corrected chi connectivity index (χ1v) is 9.54. The number of aryl methyl sites for hydroxylation is 2. The second-order valence-corrected chi connectivity index (χ2v) is 6.02. The SMILES string of the molecule is CCNC(=NCc1cccc(OCC)c1OC(F)F)NCCCc1nc(C)no1.I. The van der Waals surface area contributed by atoms with Crippen molar-refractivity contribution in [2.45, 2.75) is 46.8 Å². The molecule has 2 rings (SSSR count). The molecule has 8 nitrogen and oxygen atoms in total. The van der Waals surface area contributed by atoms with Crippen molar-refractivity contribution in [1.29, 1.82) is 0 Å². The normalized spacial score (nSPS) is 11.2. The fourth-order valence-electron chi connectivity index (χ4n) is 2.57. The van der Waals surface area contributed by atoms with Crippen molar-refractivity contribution in [3.8, 4) is 11.5 Å². The van der Waals surface area contributed by atoms with Crippen LogP contribution in [0, 0.1) is 6.92 Å². The van der Waals surface area contributed by atoms with Gasteiger partial charge in [-0.2, -0.15) is 13.8 Å². The summed E-state index contributed by atoms with van der Waals surface area (Å²) >= 11 is 0. The molecule has 0 amide bonds. The number of aromatic nitrogens is 2. The van der Waals surface area contributed by atoms with Crippen molar-refractivity contribution < 1.29 is 22.8 Å². The topological polar surface area (TPSA) is 93.8 Å². The zero-order valence-electron chi connectivity index (χ0n) is 17.3. The molecule has 11 heteroatoms. The van der Waals surface area contributed by atoms with Crippen molar-refractivity contribution in [2.24, 2.45) is 4.99 Å². The van der Waals surface area contributed by atoms with Crippen LogP contribution in [-0.4, -0.2) is 42.4 Å². The predicted octanol–water partition coefficient (Wildman–Crippen LogP) is 3.68. The number of para-hydroxylation sites is 1. The zero-order chi connectivity index (χ0) is 21.1. The van der Waals surface area contributed by atoms with Crippen LogP contribution in [0.1, 0.15) is 37.5 Å². The molecule has 1 aromatic carbocycles. The van der Waals surface area contributed by atoms with Crippen LogP contribution in [0.5, 0.6) is 11.5 Å². The van der Waals surface area contributed by atoms with E-state index in [1.165, 1.54) is 0 Å². The smallest absolute Gasteiger partial charge is 0.387 e. The van der Waals surface area contributed by atoms with Gasteiger partial charge in [0.25, 0.3) is 0 Å². The Kier molecular flexibility index (Phi) is 12.0. The van der Waals surface area contributed by atoms with Crippen molar-refractivity contribution >= 4 is 29.9 Å². The second kappa shape index (κ2) is 13.9. The molecule has 2 aromatic rings. The van der Waals surface area contributed by atoms with E-state index in [0.29, 0.717) is 49.4 Å². The Hall–Kier alpha value is -2.18. The average molecular weight is 539 g/mol. The van der Waals surface area contributed by atoms with Gasteiger partial charge in [0, 0.05) is 25.1 Å². The maximum atomic E-state index is 12.8. The molecular weight excluding hydrogens is 511 g/mol. The molecule has 0 radical (unpaired) electrons. The molecule has 0 spiro atoms. The number of alkyl halides is 2. The summed E-state index contributed by atoms with van der Waals surface area (Å²) in [6, 6.07) is 5.00. The summed E-state index contributed by atoms with van der Waals surface area (Å²) in [6.45, 7) is 4.34. The van der Waals surface area contributed by atoms with Gasteiger partial charge in [-0.1, -0.05) is 17.3 Å². The Morgan fingerprint density at radius 3 is 2.70 bits per heavy atom. The monoisotopic (exact) mass is 539 g/mol. The standard InChI is InChI=1S/C19H27F2N5O3.HI/c1-4-22-19(23-11-7-10-16-25-13(3)26-29-16)24-12-14-8-6-9-15(27-5-2)17(14)28-18(20)21;/h6,8-9,18H,4-5,7,10-12H2,1-3H3,(H2,22,23,24);1H.